The van der Waals surface area contributed by atoms with Crippen molar-refractivity contribution < 1.29 is 5.11 Å². The van der Waals surface area contributed by atoms with Crippen molar-refractivity contribution in [1.29, 1.82) is 0 Å². The Morgan fingerprint density at radius 2 is 1.94 bits per heavy atom. The molecular weight excluding hydrogens is 224 g/mol. The molecular formula is C15H26N2O. The molecule has 0 bridgehead atoms. The molecule has 3 heteroatoms. The van der Waals surface area contributed by atoms with Crippen molar-refractivity contribution in [2.75, 3.05) is 6.54 Å². The lowest BCUT2D eigenvalue weighted by atomic mass is 9.97. The van der Waals surface area contributed by atoms with Crippen molar-refractivity contribution in [1.82, 2.24) is 10.3 Å². The minimum absolute atomic E-state index is 0.223. The van der Waals surface area contributed by atoms with Gasteiger partial charge in [0.2, 0.25) is 0 Å². The summed E-state index contributed by atoms with van der Waals surface area (Å²) >= 11 is 0. The van der Waals surface area contributed by atoms with Gasteiger partial charge < -0.3 is 10.4 Å². The molecule has 0 radical (unpaired) electrons. The third kappa shape index (κ3) is 4.75. The molecule has 3 nitrogen and oxygen atoms in total. The molecule has 1 heterocycles. The van der Waals surface area contributed by atoms with Gasteiger partial charge in [-0.3, -0.25) is 4.98 Å². The first-order chi connectivity index (χ1) is 8.52. The zero-order valence-electron chi connectivity index (χ0n) is 11.9. The molecule has 0 saturated carbocycles. The zero-order chi connectivity index (χ0) is 13.5. The van der Waals surface area contributed by atoms with Gasteiger partial charge in [-0.1, -0.05) is 33.8 Å². The van der Waals surface area contributed by atoms with Gasteiger partial charge in [0.05, 0.1) is 6.10 Å². The van der Waals surface area contributed by atoms with E-state index in [-0.39, 0.29) is 6.10 Å². The summed E-state index contributed by atoms with van der Waals surface area (Å²) < 4.78 is 0. The molecule has 0 fully saturated rings. The Kier molecular flexibility index (Phi) is 6.30. The Morgan fingerprint density at radius 1 is 1.22 bits per heavy atom. The SMILES string of the molecule is CC(C)C(O)CCNC(c1cccnc1)C(C)C. The second kappa shape index (κ2) is 7.49. The maximum Gasteiger partial charge on any atom is 0.0575 e. The molecule has 18 heavy (non-hydrogen) atoms. The monoisotopic (exact) mass is 250 g/mol. The molecule has 102 valence electrons. The van der Waals surface area contributed by atoms with E-state index in [0.29, 0.717) is 17.9 Å². The van der Waals surface area contributed by atoms with E-state index in [1.54, 1.807) is 6.20 Å². The highest BCUT2D eigenvalue weighted by molar-refractivity contribution is 5.14. The van der Waals surface area contributed by atoms with E-state index in [1.807, 2.05) is 26.1 Å². The van der Waals surface area contributed by atoms with Gasteiger partial charge in [0.25, 0.3) is 0 Å². The van der Waals surface area contributed by atoms with E-state index in [2.05, 4.69) is 30.2 Å². The van der Waals surface area contributed by atoms with Crippen LogP contribution >= 0.6 is 0 Å². The summed E-state index contributed by atoms with van der Waals surface area (Å²) in [5.74, 6) is 0.827. The van der Waals surface area contributed by atoms with Crippen molar-refractivity contribution in [3.8, 4) is 0 Å². The van der Waals surface area contributed by atoms with E-state index in [9.17, 15) is 5.11 Å². The smallest absolute Gasteiger partial charge is 0.0575 e. The van der Waals surface area contributed by atoms with Crippen LogP contribution in [0.2, 0.25) is 0 Å². The number of rotatable bonds is 7. The second-order valence-corrected chi connectivity index (χ2v) is 5.56. The van der Waals surface area contributed by atoms with Crippen LogP contribution in [-0.4, -0.2) is 22.7 Å². The fraction of sp³-hybridized carbons (Fsp3) is 0.667. The number of hydrogen-bond acceptors (Lipinski definition) is 3. The molecule has 0 spiro atoms. The Hall–Kier alpha value is -0.930. The maximum absolute atomic E-state index is 9.80. The van der Waals surface area contributed by atoms with E-state index in [4.69, 9.17) is 0 Å². The highest BCUT2D eigenvalue weighted by Crippen LogP contribution is 2.20. The lowest BCUT2D eigenvalue weighted by Crippen LogP contribution is -2.30. The van der Waals surface area contributed by atoms with Crippen LogP contribution < -0.4 is 5.32 Å². The normalized spacial score (nSPS) is 15.1. The summed E-state index contributed by atoms with van der Waals surface area (Å²) in [4.78, 5) is 4.17. The van der Waals surface area contributed by atoms with Gasteiger partial charge in [-0.2, -0.15) is 0 Å². The maximum atomic E-state index is 9.80. The van der Waals surface area contributed by atoms with Crippen LogP contribution in [0.25, 0.3) is 0 Å². The summed E-state index contributed by atoms with van der Waals surface area (Å²) in [5, 5.41) is 13.3. The van der Waals surface area contributed by atoms with Crippen molar-refractivity contribution >= 4 is 0 Å². The predicted molar refractivity (Wildman–Crippen MR) is 75.3 cm³/mol. The molecule has 2 atom stereocenters. The molecule has 0 aromatic carbocycles. The number of aliphatic hydroxyl groups is 1. The van der Waals surface area contributed by atoms with E-state index in [1.165, 1.54) is 5.56 Å². The number of aromatic nitrogens is 1. The van der Waals surface area contributed by atoms with Crippen molar-refractivity contribution in [3.05, 3.63) is 30.1 Å². The largest absolute Gasteiger partial charge is 0.393 e. The minimum Gasteiger partial charge on any atom is -0.393 e. The van der Waals surface area contributed by atoms with Gasteiger partial charge in [-0.05, 0) is 36.4 Å². The number of nitrogens with one attached hydrogen (secondary N) is 1. The van der Waals surface area contributed by atoms with E-state index >= 15 is 0 Å². The molecule has 2 N–H and O–H groups in total. The Balaban J connectivity index is 2.50. The lowest BCUT2D eigenvalue weighted by molar-refractivity contribution is 0.114. The van der Waals surface area contributed by atoms with Gasteiger partial charge in [0.1, 0.15) is 0 Å². The summed E-state index contributed by atoms with van der Waals surface area (Å²) in [7, 11) is 0. The van der Waals surface area contributed by atoms with Crippen LogP contribution in [0.15, 0.2) is 24.5 Å². The molecule has 2 unspecified atom stereocenters. The first kappa shape index (κ1) is 15.1. The summed E-state index contributed by atoms with van der Waals surface area (Å²) in [6.07, 6.45) is 4.28. The average Bonchev–Trinajstić information content (AvgIpc) is 2.34. The Morgan fingerprint density at radius 3 is 2.44 bits per heavy atom. The highest BCUT2D eigenvalue weighted by atomic mass is 16.3. The minimum atomic E-state index is -0.223. The Labute approximate surface area is 111 Å². The third-order valence-electron chi connectivity index (χ3n) is 3.28. The standard InChI is InChI=1S/C15H26N2O/c1-11(2)14(18)7-9-17-15(12(3)4)13-6-5-8-16-10-13/h5-6,8,10-12,14-15,17-18H,7,9H2,1-4H3. The van der Waals surface area contributed by atoms with Crippen LogP contribution in [0.4, 0.5) is 0 Å². The van der Waals surface area contributed by atoms with Crippen LogP contribution in [0.1, 0.15) is 45.7 Å². The first-order valence-corrected chi connectivity index (χ1v) is 6.83. The number of nitrogens with zero attached hydrogens (tertiary/aromatic N) is 1. The summed E-state index contributed by atoms with van der Waals surface area (Å²) in [6.45, 7) is 9.32. The highest BCUT2D eigenvalue weighted by Gasteiger charge is 2.16. The van der Waals surface area contributed by atoms with Crippen molar-refractivity contribution in [2.45, 2.75) is 46.3 Å². The quantitative estimate of drug-likeness (QED) is 0.782. The van der Waals surface area contributed by atoms with Gasteiger partial charge in [0.15, 0.2) is 0 Å². The fourth-order valence-electron chi connectivity index (χ4n) is 2.02. The fourth-order valence-corrected chi connectivity index (χ4v) is 2.02. The molecule has 0 aliphatic heterocycles. The number of hydrogen-bond donors (Lipinski definition) is 2. The molecule has 0 aliphatic carbocycles. The number of pyridine rings is 1. The van der Waals surface area contributed by atoms with E-state index in [0.717, 1.165) is 13.0 Å². The van der Waals surface area contributed by atoms with Gasteiger partial charge in [-0.15, -0.1) is 0 Å². The van der Waals surface area contributed by atoms with Crippen LogP contribution in [0.5, 0.6) is 0 Å². The van der Waals surface area contributed by atoms with Crippen LogP contribution in [0.3, 0.4) is 0 Å². The summed E-state index contributed by atoms with van der Waals surface area (Å²) in [6, 6.07) is 4.37. The average molecular weight is 250 g/mol. The molecule has 0 aliphatic rings. The lowest BCUT2D eigenvalue weighted by Gasteiger charge is -2.24. The van der Waals surface area contributed by atoms with Crippen molar-refractivity contribution in [3.63, 3.8) is 0 Å². The zero-order valence-corrected chi connectivity index (χ0v) is 11.9. The molecule has 1 aromatic heterocycles. The molecule has 1 aromatic rings. The third-order valence-corrected chi connectivity index (χ3v) is 3.28. The van der Waals surface area contributed by atoms with Crippen LogP contribution in [0, 0.1) is 11.8 Å². The van der Waals surface area contributed by atoms with Gasteiger partial charge in [-0.25, -0.2) is 0 Å². The first-order valence-electron chi connectivity index (χ1n) is 6.83. The summed E-state index contributed by atoms with van der Waals surface area (Å²) in [5.41, 5.74) is 1.21. The molecule has 0 amide bonds. The van der Waals surface area contributed by atoms with Crippen LogP contribution in [-0.2, 0) is 0 Å². The molecule has 1 rings (SSSR count). The second-order valence-electron chi connectivity index (χ2n) is 5.56. The molecule has 0 saturated heterocycles. The van der Waals surface area contributed by atoms with Gasteiger partial charge >= 0.3 is 0 Å². The topological polar surface area (TPSA) is 45.1 Å². The predicted octanol–water partition coefficient (Wildman–Crippen LogP) is 2.78. The Bertz CT molecular complexity index is 325. The van der Waals surface area contributed by atoms with Gasteiger partial charge in [0, 0.05) is 18.4 Å². The number of aliphatic hydroxyl groups excluding tert-OH is 1. The van der Waals surface area contributed by atoms with E-state index < -0.39 is 0 Å². The van der Waals surface area contributed by atoms with Crippen molar-refractivity contribution in [2.24, 2.45) is 11.8 Å².